The molecular weight excluding hydrogens is 330 g/mol. The first-order valence-corrected chi connectivity index (χ1v) is 7.84. The minimum atomic E-state index is -0.367. The molecule has 0 aliphatic carbocycles. The summed E-state index contributed by atoms with van der Waals surface area (Å²) in [7, 11) is 1.66. The molecule has 0 spiro atoms. The molecule has 2 aromatic heterocycles. The zero-order valence-corrected chi connectivity index (χ0v) is 14.1. The molecule has 3 N–H and O–H groups in total. The number of nitrogens with one attached hydrogen (secondary N) is 1. The Morgan fingerprint density at radius 1 is 1.31 bits per heavy atom. The number of fused-ring (bicyclic) bond motifs is 1. The number of benzene rings is 1. The van der Waals surface area contributed by atoms with E-state index in [1.807, 2.05) is 18.2 Å². The van der Waals surface area contributed by atoms with Crippen LogP contribution in [-0.2, 0) is 4.79 Å². The second-order valence-electron chi connectivity index (χ2n) is 5.28. The topological polar surface area (TPSA) is 106 Å². The van der Waals surface area contributed by atoms with Crippen molar-refractivity contribution in [2.45, 2.75) is 0 Å². The van der Waals surface area contributed by atoms with Crippen LogP contribution in [0.5, 0.6) is 0 Å². The molecule has 7 nitrogen and oxygen atoms in total. The van der Waals surface area contributed by atoms with Gasteiger partial charge in [-0.05, 0) is 29.8 Å². The number of nitrogens with zero attached hydrogens (tertiary/aromatic N) is 3. The number of carbonyl (C=O) groups is 1. The van der Waals surface area contributed by atoms with Crippen LogP contribution in [-0.4, -0.2) is 29.1 Å². The summed E-state index contributed by atoms with van der Waals surface area (Å²) in [5.74, 6) is -0.367. The van der Waals surface area contributed by atoms with Crippen molar-refractivity contribution in [1.82, 2.24) is 9.97 Å². The number of rotatable bonds is 5. The van der Waals surface area contributed by atoms with Crippen LogP contribution in [0.2, 0.25) is 0 Å². The van der Waals surface area contributed by atoms with Crippen LogP contribution in [0.4, 0.5) is 6.01 Å². The average molecular weight is 347 g/mol. The van der Waals surface area contributed by atoms with Gasteiger partial charge in [-0.15, -0.1) is 0 Å². The fraction of sp³-hybridized carbons (Fsp3) is 0.0526. The molecule has 0 radical (unpaired) electrons. The molecule has 0 saturated heterocycles. The Balaban J connectivity index is 1.78. The van der Waals surface area contributed by atoms with E-state index in [0.717, 1.165) is 16.7 Å². The smallest absolute Gasteiger partial charge is 0.302 e. The molecule has 0 bridgehead atoms. The third-order valence-electron chi connectivity index (χ3n) is 3.55. The molecule has 0 saturated carbocycles. The summed E-state index contributed by atoms with van der Waals surface area (Å²) in [6.07, 6.45) is 9.42. The minimum absolute atomic E-state index is 0.146. The van der Waals surface area contributed by atoms with Crippen LogP contribution in [0.1, 0.15) is 11.1 Å². The third-order valence-corrected chi connectivity index (χ3v) is 3.55. The number of carbonyl (C=O) groups excluding carboxylic acids is 1. The quantitative estimate of drug-likeness (QED) is 0.545. The summed E-state index contributed by atoms with van der Waals surface area (Å²) < 4.78 is 5.47. The highest BCUT2D eigenvalue weighted by atomic mass is 16.4. The highest BCUT2D eigenvalue weighted by molar-refractivity contribution is 6.11. The number of hydrogen-bond acceptors (Lipinski definition) is 6. The maximum Gasteiger partial charge on any atom is 0.302 e. The standard InChI is InChI=1S/C19H17N5O2/c1-21-11-14(10-20)15-8-9-22-12-13(15)6-7-18(25)24-19-23-16-4-2-3-5-17(16)26-19/h2-12H,20H2,1H3,(H,23,24,25)/b7-6+,14-10?,21-11?. The average Bonchev–Trinajstić information content (AvgIpc) is 3.07. The van der Waals surface area contributed by atoms with E-state index in [4.69, 9.17) is 10.2 Å². The molecule has 1 aromatic carbocycles. The van der Waals surface area contributed by atoms with E-state index in [0.29, 0.717) is 11.1 Å². The molecule has 130 valence electrons. The zero-order chi connectivity index (χ0) is 18.4. The predicted molar refractivity (Wildman–Crippen MR) is 102 cm³/mol. The van der Waals surface area contributed by atoms with E-state index in [1.54, 1.807) is 43.9 Å². The van der Waals surface area contributed by atoms with E-state index in [-0.39, 0.29) is 11.9 Å². The van der Waals surface area contributed by atoms with Crippen molar-refractivity contribution < 1.29 is 9.21 Å². The molecule has 7 heteroatoms. The van der Waals surface area contributed by atoms with Crippen LogP contribution in [0.25, 0.3) is 22.7 Å². The number of aromatic nitrogens is 2. The van der Waals surface area contributed by atoms with Crippen molar-refractivity contribution in [2.24, 2.45) is 10.7 Å². The lowest BCUT2D eigenvalue weighted by Gasteiger charge is -2.05. The number of pyridine rings is 1. The van der Waals surface area contributed by atoms with E-state index >= 15 is 0 Å². The Bertz CT molecular complexity index is 984. The Kier molecular flexibility index (Phi) is 5.19. The first kappa shape index (κ1) is 17.1. The monoisotopic (exact) mass is 347 g/mol. The number of oxazole rings is 1. The first-order chi connectivity index (χ1) is 12.7. The molecule has 0 fully saturated rings. The highest BCUT2D eigenvalue weighted by Crippen LogP contribution is 2.19. The summed E-state index contributed by atoms with van der Waals surface area (Å²) in [6, 6.07) is 9.23. The lowest BCUT2D eigenvalue weighted by atomic mass is 10.0. The van der Waals surface area contributed by atoms with Gasteiger partial charge < -0.3 is 10.2 Å². The number of hydrogen-bond donors (Lipinski definition) is 2. The fourth-order valence-corrected chi connectivity index (χ4v) is 2.38. The second kappa shape index (κ2) is 7.89. The van der Waals surface area contributed by atoms with Crippen LogP contribution >= 0.6 is 0 Å². The van der Waals surface area contributed by atoms with Crippen molar-refractivity contribution in [3.05, 3.63) is 66.1 Å². The van der Waals surface area contributed by atoms with Gasteiger partial charge in [-0.25, -0.2) is 0 Å². The number of allylic oxidation sites excluding steroid dienone is 1. The molecule has 3 aromatic rings. The van der Waals surface area contributed by atoms with Gasteiger partial charge in [-0.1, -0.05) is 12.1 Å². The lowest BCUT2D eigenvalue weighted by molar-refractivity contribution is -0.112. The largest absolute Gasteiger partial charge is 0.423 e. The Labute approximate surface area is 150 Å². The SMILES string of the molecule is CN=CC(=CN)c1ccncc1/C=C/C(=O)Nc1nc2ccccc2o1. The van der Waals surface area contributed by atoms with E-state index in [1.165, 1.54) is 12.3 Å². The van der Waals surface area contributed by atoms with Gasteiger partial charge in [-0.2, -0.15) is 4.98 Å². The zero-order valence-electron chi connectivity index (χ0n) is 14.1. The van der Waals surface area contributed by atoms with Gasteiger partial charge in [0.2, 0.25) is 0 Å². The van der Waals surface area contributed by atoms with Gasteiger partial charge in [0.05, 0.1) is 0 Å². The first-order valence-electron chi connectivity index (χ1n) is 7.84. The Hall–Kier alpha value is -3.74. The van der Waals surface area contributed by atoms with E-state index < -0.39 is 0 Å². The second-order valence-corrected chi connectivity index (χ2v) is 5.28. The van der Waals surface area contributed by atoms with Crippen LogP contribution in [0.15, 0.2) is 64.4 Å². The molecule has 0 aliphatic heterocycles. The maximum absolute atomic E-state index is 12.2. The van der Waals surface area contributed by atoms with Gasteiger partial charge in [0.1, 0.15) is 5.52 Å². The van der Waals surface area contributed by atoms with E-state index in [2.05, 4.69) is 20.3 Å². The number of anilines is 1. The fourth-order valence-electron chi connectivity index (χ4n) is 2.38. The molecule has 0 unspecified atom stereocenters. The van der Waals surface area contributed by atoms with Gasteiger partial charge in [0, 0.05) is 49.1 Å². The summed E-state index contributed by atoms with van der Waals surface area (Å²) >= 11 is 0. The number of aliphatic imine (C=N–C) groups is 1. The number of nitrogens with two attached hydrogens (primary N) is 1. The van der Waals surface area contributed by atoms with Crippen molar-refractivity contribution in [2.75, 3.05) is 12.4 Å². The van der Waals surface area contributed by atoms with Crippen LogP contribution in [0.3, 0.4) is 0 Å². The van der Waals surface area contributed by atoms with Gasteiger partial charge in [0.25, 0.3) is 5.91 Å². The molecule has 3 rings (SSSR count). The van der Waals surface area contributed by atoms with Crippen molar-refractivity contribution in [3.63, 3.8) is 0 Å². The number of amides is 1. The highest BCUT2D eigenvalue weighted by Gasteiger charge is 2.08. The molecule has 2 heterocycles. The Morgan fingerprint density at radius 3 is 2.92 bits per heavy atom. The van der Waals surface area contributed by atoms with Gasteiger partial charge >= 0.3 is 6.01 Å². The van der Waals surface area contributed by atoms with Crippen molar-refractivity contribution in [1.29, 1.82) is 0 Å². The number of para-hydroxylation sites is 2. The summed E-state index contributed by atoms with van der Waals surface area (Å²) in [6.45, 7) is 0. The van der Waals surface area contributed by atoms with Crippen LogP contribution in [0, 0.1) is 0 Å². The summed E-state index contributed by atoms with van der Waals surface area (Å²) in [4.78, 5) is 24.4. The predicted octanol–water partition coefficient (Wildman–Crippen LogP) is 2.87. The summed E-state index contributed by atoms with van der Waals surface area (Å²) in [5.41, 5.74) is 9.23. The molecule has 0 atom stereocenters. The normalized spacial score (nSPS) is 12.3. The van der Waals surface area contributed by atoms with Crippen LogP contribution < -0.4 is 11.1 Å². The lowest BCUT2D eigenvalue weighted by Crippen LogP contribution is -2.08. The molecule has 0 aliphatic rings. The van der Waals surface area contributed by atoms with Gasteiger partial charge in [-0.3, -0.25) is 20.1 Å². The van der Waals surface area contributed by atoms with E-state index in [9.17, 15) is 4.79 Å². The van der Waals surface area contributed by atoms with Crippen molar-refractivity contribution in [3.8, 4) is 0 Å². The van der Waals surface area contributed by atoms with Crippen molar-refractivity contribution >= 4 is 40.9 Å². The Morgan fingerprint density at radius 2 is 2.15 bits per heavy atom. The molecule has 26 heavy (non-hydrogen) atoms. The third kappa shape index (κ3) is 3.84. The molecule has 1 amide bonds. The minimum Gasteiger partial charge on any atom is -0.423 e. The van der Waals surface area contributed by atoms with Gasteiger partial charge in [0.15, 0.2) is 5.58 Å². The maximum atomic E-state index is 12.2. The molecular formula is C19H17N5O2. The summed E-state index contributed by atoms with van der Waals surface area (Å²) in [5, 5.41) is 2.60.